The van der Waals surface area contributed by atoms with Crippen LogP contribution in [0.3, 0.4) is 0 Å². The van der Waals surface area contributed by atoms with Crippen molar-refractivity contribution in [3.05, 3.63) is 48.2 Å². The minimum Gasteiger partial charge on any atom is -0.497 e. The third-order valence-electron chi connectivity index (χ3n) is 3.75. The molecule has 1 aromatic carbocycles. The van der Waals surface area contributed by atoms with Gasteiger partial charge in [-0.15, -0.1) is 0 Å². The van der Waals surface area contributed by atoms with Crippen LogP contribution in [0.5, 0.6) is 5.75 Å². The zero-order valence-electron chi connectivity index (χ0n) is 16.5. The molecule has 0 saturated carbocycles. The Morgan fingerprint density at radius 3 is 2.61 bits per heavy atom. The summed E-state index contributed by atoms with van der Waals surface area (Å²) in [7, 11) is 1.58. The Bertz CT molecular complexity index is 807. The number of hydrogen-bond donors (Lipinski definition) is 2. The smallest absolute Gasteiger partial charge is 0.303 e. The summed E-state index contributed by atoms with van der Waals surface area (Å²) in [6.45, 7) is 6.34. The van der Waals surface area contributed by atoms with Crippen LogP contribution in [0.15, 0.2) is 47.8 Å². The topological polar surface area (TPSA) is 117 Å². The molecule has 0 radical (unpaired) electrons. The van der Waals surface area contributed by atoms with E-state index < -0.39 is 5.91 Å². The summed E-state index contributed by atoms with van der Waals surface area (Å²) in [6, 6.07) is 6.95. The van der Waals surface area contributed by atoms with Crippen LogP contribution in [-0.4, -0.2) is 34.0 Å². The molecule has 2 aromatic rings. The lowest BCUT2D eigenvalue weighted by Gasteiger charge is -2.23. The standard InChI is InChI=1S/C19H26N6O3/c1-19(2,3)10-15(25-13-21-12-22-25)11-23-28-17(18(26)24-20)9-14-5-7-16(27-4)8-6-14/h5-9,11-13,15H,10,20H2,1-4H3,(H,24,26)/b17-9?,23-11-. The first-order chi connectivity index (χ1) is 13.3. The van der Waals surface area contributed by atoms with Gasteiger partial charge in [0.2, 0.25) is 5.76 Å². The van der Waals surface area contributed by atoms with Gasteiger partial charge in [-0.2, -0.15) is 5.10 Å². The van der Waals surface area contributed by atoms with Crippen LogP contribution in [0.2, 0.25) is 0 Å². The van der Waals surface area contributed by atoms with Crippen molar-refractivity contribution in [2.24, 2.45) is 16.4 Å². The normalized spacial score (nSPS) is 13.4. The number of hydrazine groups is 1. The second-order valence-electron chi connectivity index (χ2n) is 7.31. The Labute approximate surface area is 164 Å². The number of oxime groups is 1. The number of carbonyl (C=O) groups excluding carboxylic acids is 1. The lowest BCUT2D eigenvalue weighted by atomic mass is 9.88. The van der Waals surface area contributed by atoms with E-state index in [1.54, 1.807) is 48.6 Å². The molecule has 3 N–H and O–H groups in total. The molecule has 0 aliphatic carbocycles. The monoisotopic (exact) mass is 386 g/mol. The van der Waals surface area contributed by atoms with Gasteiger partial charge in [-0.3, -0.25) is 10.2 Å². The van der Waals surface area contributed by atoms with E-state index >= 15 is 0 Å². The molecule has 1 aromatic heterocycles. The molecule has 28 heavy (non-hydrogen) atoms. The number of carbonyl (C=O) groups is 1. The zero-order chi connectivity index (χ0) is 20.6. The van der Waals surface area contributed by atoms with Gasteiger partial charge in [0.1, 0.15) is 18.4 Å². The molecule has 2 rings (SSSR count). The van der Waals surface area contributed by atoms with Crippen LogP contribution >= 0.6 is 0 Å². The fourth-order valence-electron chi connectivity index (χ4n) is 2.44. The molecular formula is C19H26N6O3. The van der Waals surface area contributed by atoms with Crippen LogP contribution < -0.4 is 16.0 Å². The number of nitrogens with zero attached hydrogens (tertiary/aromatic N) is 4. The Hall–Kier alpha value is -3.20. The van der Waals surface area contributed by atoms with E-state index in [4.69, 9.17) is 15.4 Å². The first kappa shape index (κ1) is 21.1. The highest BCUT2D eigenvalue weighted by Crippen LogP contribution is 2.26. The molecule has 0 spiro atoms. The number of benzene rings is 1. The molecule has 1 atom stereocenters. The summed E-state index contributed by atoms with van der Waals surface area (Å²) in [5.74, 6) is 5.32. The van der Waals surface area contributed by atoms with Crippen molar-refractivity contribution < 1.29 is 14.4 Å². The first-order valence-electron chi connectivity index (χ1n) is 8.73. The van der Waals surface area contributed by atoms with Gasteiger partial charge in [-0.25, -0.2) is 15.5 Å². The molecule has 0 saturated heterocycles. The van der Waals surface area contributed by atoms with E-state index in [1.165, 1.54) is 12.4 Å². The van der Waals surface area contributed by atoms with Gasteiger partial charge in [0, 0.05) is 0 Å². The highest BCUT2D eigenvalue weighted by molar-refractivity contribution is 5.95. The summed E-state index contributed by atoms with van der Waals surface area (Å²) in [5.41, 5.74) is 2.81. The molecule has 1 amide bonds. The maximum atomic E-state index is 12.0. The van der Waals surface area contributed by atoms with E-state index in [0.29, 0.717) is 5.75 Å². The van der Waals surface area contributed by atoms with Crippen LogP contribution in [-0.2, 0) is 9.63 Å². The molecule has 1 heterocycles. The van der Waals surface area contributed by atoms with Crippen molar-refractivity contribution in [1.82, 2.24) is 20.2 Å². The number of rotatable bonds is 8. The van der Waals surface area contributed by atoms with Crippen molar-refractivity contribution in [3.8, 4) is 5.75 Å². The first-order valence-corrected chi connectivity index (χ1v) is 8.73. The number of hydrogen-bond acceptors (Lipinski definition) is 7. The van der Waals surface area contributed by atoms with E-state index in [-0.39, 0.29) is 17.2 Å². The van der Waals surface area contributed by atoms with Crippen molar-refractivity contribution >= 4 is 18.2 Å². The molecule has 1 unspecified atom stereocenters. The lowest BCUT2D eigenvalue weighted by molar-refractivity contribution is -0.120. The second kappa shape index (κ2) is 9.65. The van der Waals surface area contributed by atoms with Gasteiger partial charge in [0.25, 0.3) is 0 Å². The number of amides is 1. The van der Waals surface area contributed by atoms with Gasteiger partial charge >= 0.3 is 5.91 Å². The number of nitrogens with one attached hydrogen (secondary N) is 1. The summed E-state index contributed by atoms with van der Waals surface area (Å²) in [4.78, 5) is 21.3. The van der Waals surface area contributed by atoms with E-state index in [1.807, 2.05) is 0 Å². The zero-order valence-corrected chi connectivity index (χ0v) is 16.5. The second-order valence-corrected chi connectivity index (χ2v) is 7.31. The molecule has 9 heteroatoms. The van der Waals surface area contributed by atoms with Gasteiger partial charge in [-0.05, 0) is 35.6 Å². The maximum Gasteiger partial charge on any atom is 0.303 e. The highest BCUT2D eigenvalue weighted by atomic mass is 16.6. The van der Waals surface area contributed by atoms with Crippen molar-refractivity contribution in [1.29, 1.82) is 0 Å². The lowest BCUT2D eigenvalue weighted by Crippen LogP contribution is -2.31. The van der Waals surface area contributed by atoms with Gasteiger partial charge in [0.05, 0.1) is 19.4 Å². The fraction of sp³-hybridized carbons (Fsp3) is 0.368. The van der Waals surface area contributed by atoms with Crippen LogP contribution in [0.1, 0.15) is 38.8 Å². The largest absolute Gasteiger partial charge is 0.497 e. The van der Waals surface area contributed by atoms with Crippen LogP contribution in [0.25, 0.3) is 6.08 Å². The van der Waals surface area contributed by atoms with Crippen molar-refractivity contribution in [3.63, 3.8) is 0 Å². The summed E-state index contributed by atoms with van der Waals surface area (Å²) >= 11 is 0. The third kappa shape index (κ3) is 6.51. The fourth-order valence-corrected chi connectivity index (χ4v) is 2.44. The Morgan fingerprint density at radius 2 is 2.07 bits per heavy atom. The summed E-state index contributed by atoms with van der Waals surface area (Å²) in [6.07, 6.45) is 6.95. The predicted octanol–water partition coefficient (Wildman–Crippen LogP) is 2.30. The average molecular weight is 386 g/mol. The third-order valence-corrected chi connectivity index (χ3v) is 3.75. The molecule has 0 fully saturated rings. The van der Waals surface area contributed by atoms with Crippen molar-refractivity contribution in [2.45, 2.75) is 33.2 Å². The van der Waals surface area contributed by atoms with E-state index in [2.05, 4.69) is 41.4 Å². The molecular weight excluding hydrogens is 360 g/mol. The minimum absolute atomic E-state index is 0.0268. The average Bonchev–Trinajstić information content (AvgIpc) is 3.20. The van der Waals surface area contributed by atoms with E-state index in [9.17, 15) is 4.79 Å². The molecule has 0 bridgehead atoms. The number of ether oxygens (including phenoxy) is 1. The van der Waals surface area contributed by atoms with Crippen molar-refractivity contribution in [2.75, 3.05) is 7.11 Å². The van der Waals surface area contributed by atoms with Gasteiger partial charge < -0.3 is 9.57 Å². The molecule has 0 aliphatic rings. The molecule has 0 aliphatic heterocycles. The Morgan fingerprint density at radius 1 is 1.36 bits per heavy atom. The summed E-state index contributed by atoms with van der Waals surface area (Å²) in [5, 5.41) is 8.15. The molecule has 150 valence electrons. The molecule has 9 nitrogen and oxygen atoms in total. The highest BCUT2D eigenvalue weighted by Gasteiger charge is 2.20. The Kier molecular flexibility index (Phi) is 7.28. The minimum atomic E-state index is -0.596. The number of nitrogens with two attached hydrogens (primary N) is 1. The Balaban J connectivity index is 2.18. The summed E-state index contributed by atoms with van der Waals surface area (Å²) < 4.78 is 6.81. The quantitative estimate of drug-likeness (QED) is 0.180. The van der Waals surface area contributed by atoms with E-state index in [0.717, 1.165) is 12.0 Å². The number of methoxy groups -OCH3 is 1. The van der Waals surface area contributed by atoms with Gasteiger partial charge in [0.15, 0.2) is 0 Å². The van der Waals surface area contributed by atoms with Gasteiger partial charge in [-0.1, -0.05) is 38.1 Å². The van der Waals surface area contributed by atoms with Crippen LogP contribution in [0, 0.1) is 5.41 Å². The number of aromatic nitrogens is 3. The SMILES string of the molecule is COc1ccc(C=C(O/N=C\C(CC(C)(C)C)n2cncn2)C(=O)NN)cc1. The van der Waals surface area contributed by atoms with Crippen LogP contribution in [0.4, 0.5) is 0 Å². The predicted molar refractivity (Wildman–Crippen MR) is 106 cm³/mol. The maximum absolute atomic E-state index is 12.0.